The fraction of sp³-hybridized carbons (Fsp3) is 0.500. The van der Waals surface area contributed by atoms with Crippen molar-refractivity contribution in [1.82, 2.24) is 5.32 Å². The lowest BCUT2D eigenvalue weighted by Gasteiger charge is -2.31. The maximum Gasteiger partial charge on any atom is 0.304 e. The first kappa shape index (κ1) is 12.1. The van der Waals surface area contributed by atoms with Crippen molar-refractivity contribution in [2.45, 2.75) is 37.6 Å². The van der Waals surface area contributed by atoms with E-state index in [1.807, 2.05) is 30.3 Å². The summed E-state index contributed by atoms with van der Waals surface area (Å²) in [5, 5.41) is 12.5. The Bertz CT molecular complexity index is 358. The highest BCUT2D eigenvalue weighted by Crippen LogP contribution is 2.28. The van der Waals surface area contributed by atoms with Crippen LogP contribution in [0.15, 0.2) is 30.3 Å². The van der Waals surface area contributed by atoms with Crippen molar-refractivity contribution >= 4 is 5.97 Å². The van der Waals surface area contributed by atoms with Gasteiger partial charge in [0, 0.05) is 12.0 Å². The molecule has 2 N–H and O–H groups in total. The Morgan fingerprint density at radius 3 is 2.71 bits per heavy atom. The molecule has 0 bridgehead atoms. The van der Waals surface area contributed by atoms with Crippen LogP contribution in [-0.2, 0) is 4.79 Å². The number of piperidine rings is 1. The minimum absolute atomic E-state index is 0.0917. The number of carbonyl (C=O) groups is 1. The van der Waals surface area contributed by atoms with Gasteiger partial charge in [0.1, 0.15) is 0 Å². The number of hydrogen-bond acceptors (Lipinski definition) is 2. The molecule has 0 aliphatic carbocycles. The Morgan fingerprint density at radius 2 is 2.12 bits per heavy atom. The zero-order valence-corrected chi connectivity index (χ0v) is 9.93. The van der Waals surface area contributed by atoms with Gasteiger partial charge in [-0.05, 0) is 24.9 Å². The Balaban J connectivity index is 2.15. The largest absolute Gasteiger partial charge is 0.481 e. The zero-order chi connectivity index (χ0) is 12.1. The van der Waals surface area contributed by atoms with Gasteiger partial charge < -0.3 is 10.4 Å². The third-order valence-corrected chi connectivity index (χ3v) is 3.46. The SMILES string of the molecule is O=C(O)C[C@@H](c1ccccc1)[C@H]1CCCCN1. The van der Waals surface area contributed by atoms with Crippen molar-refractivity contribution in [3.05, 3.63) is 35.9 Å². The van der Waals surface area contributed by atoms with Crippen molar-refractivity contribution in [2.75, 3.05) is 6.54 Å². The molecule has 1 aliphatic heterocycles. The summed E-state index contributed by atoms with van der Waals surface area (Å²) in [4.78, 5) is 11.0. The number of nitrogens with one attached hydrogen (secondary N) is 1. The number of benzene rings is 1. The Hall–Kier alpha value is -1.35. The summed E-state index contributed by atoms with van der Waals surface area (Å²) in [5.41, 5.74) is 1.13. The first-order valence-corrected chi connectivity index (χ1v) is 6.27. The molecule has 3 heteroatoms. The zero-order valence-electron chi connectivity index (χ0n) is 9.93. The van der Waals surface area contributed by atoms with E-state index in [9.17, 15) is 4.79 Å². The second-order valence-electron chi connectivity index (χ2n) is 4.67. The van der Waals surface area contributed by atoms with E-state index in [1.165, 1.54) is 12.8 Å². The molecule has 2 atom stereocenters. The fourth-order valence-corrected chi connectivity index (χ4v) is 2.60. The quantitative estimate of drug-likeness (QED) is 0.839. The summed E-state index contributed by atoms with van der Waals surface area (Å²) in [5.74, 6) is -0.625. The van der Waals surface area contributed by atoms with E-state index in [2.05, 4.69) is 5.32 Å². The molecule has 1 heterocycles. The van der Waals surface area contributed by atoms with E-state index >= 15 is 0 Å². The highest BCUT2D eigenvalue weighted by molar-refractivity contribution is 5.68. The highest BCUT2D eigenvalue weighted by atomic mass is 16.4. The van der Waals surface area contributed by atoms with Crippen molar-refractivity contribution in [2.24, 2.45) is 0 Å². The first-order chi connectivity index (χ1) is 8.27. The molecular weight excluding hydrogens is 214 g/mol. The van der Waals surface area contributed by atoms with Gasteiger partial charge in [-0.3, -0.25) is 4.79 Å². The van der Waals surface area contributed by atoms with Gasteiger partial charge in [-0.1, -0.05) is 36.8 Å². The summed E-state index contributed by atoms with van der Waals surface area (Å²) in [6.07, 6.45) is 3.68. The summed E-state index contributed by atoms with van der Waals surface area (Å²) in [7, 11) is 0. The van der Waals surface area contributed by atoms with Gasteiger partial charge in [0.25, 0.3) is 0 Å². The average Bonchev–Trinajstić information content (AvgIpc) is 2.38. The standard InChI is InChI=1S/C14H19NO2/c16-14(17)10-12(11-6-2-1-3-7-11)13-8-4-5-9-15-13/h1-3,6-7,12-13,15H,4-5,8-10H2,(H,16,17)/t12-,13+/m0/s1. The molecule has 0 radical (unpaired) electrons. The predicted molar refractivity (Wildman–Crippen MR) is 67.1 cm³/mol. The number of carboxylic acid groups (broad SMARTS) is 1. The minimum Gasteiger partial charge on any atom is -0.481 e. The topological polar surface area (TPSA) is 49.3 Å². The molecule has 0 amide bonds. The molecule has 2 rings (SSSR count). The van der Waals surface area contributed by atoms with E-state index in [-0.39, 0.29) is 12.3 Å². The number of rotatable bonds is 4. The van der Waals surface area contributed by atoms with Crippen molar-refractivity contribution < 1.29 is 9.90 Å². The van der Waals surface area contributed by atoms with Gasteiger partial charge in [0.2, 0.25) is 0 Å². The Labute approximate surface area is 102 Å². The monoisotopic (exact) mass is 233 g/mol. The second-order valence-corrected chi connectivity index (χ2v) is 4.67. The van der Waals surface area contributed by atoms with Crippen LogP contribution in [0.2, 0.25) is 0 Å². The summed E-state index contributed by atoms with van der Waals surface area (Å²) in [6, 6.07) is 10.3. The van der Waals surface area contributed by atoms with E-state index < -0.39 is 5.97 Å². The van der Waals surface area contributed by atoms with Crippen LogP contribution in [0.4, 0.5) is 0 Å². The van der Waals surface area contributed by atoms with Crippen LogP contribution in [-0.4, -0.2) is 23.7 Å². The molecule has 92 valence electrons. The summed E-state index contributed by atoms with van der Waals surface area (Å²) in [6.45, 7) is 1.01. The molecule has 0 unspecified atom stereocenters. The van der Waals surface area contributed by atoms with Crippen LogP contribution in [0.1, 0.15) is 37.2 Å². The first-order valence-electron chi connectivity index (χ1n) is 6.27. The van der Waals surface area contributed by atoms with Gasteiger partial charge in [-0.15, -0.1) is 0 Å². The predicted octanol–water partition coefficient (Wildman–Crippen LogP) is 2.39. The minimum atomic E-state index is -0.716. The molecule has 1 saturated heterocycles. The van der Waals surface area contributed by atoms with Crippen LogP contribution < -0.4 is 5.32 Å². The molecule has 1 fully saturated rings. The molecule has 1 aliphatic rings. The van der Waals surface area contributed by atoms with Crippen molar-refractivity contribution in [1.29, 1.82) is 0 Å². The average molecular weight is 233 g/mol. The third-order valence-electron chi connectivity index (χ3n) is 3.46. The Kier molecular flexibility index (Phi) is 4.15. The van der Waals surface area contributed by atoms with Crippen LogP contribution in [0.3, 0.4) is 0 Å². The van der Waals surface area contributed by atoms with Crippen molar-refractivity contribution in [3.63, 3.8) is 0 Å². The van der Waals surface area contributed by atoms with Gasteiger partial charge in [-0.25, -0.2) is 0 Å². The van der Waals surface area contributed by atoms with Crippen molar-refractivity contribution in [3.8, 4) is 0 Å². The second kappa shape index (κ2) is 5.82. The van der Waals surface area contributed by atoms with Gasteiger partial charge in [0.15, 0.2) is 0 Å². The van der Waals surface area contributed by atoms with E-state index in [1.54, 1.807) is 0 Å². The van der Waals surface area contributed by atoms with E-state index in [4.69, 9.17) is 5.11 Å². The Morgan fingerprint density at radius 1 is 1.35 bits per heavy atom. The van der Waals surface area contributed by atoms with E-state index in [0.717, 1.165) is 18.5 Å². The maximum atomic E-state index is 11.0. The summed E-state index contributed by atoms with van der Waals surface area (Å²) < 4.78 is 0. The van der Waals surface area contributed by atoms with Crippen LogP contribution in [0.5, 0.6) is 0 Å². The molecular formula is C14H19NO2. The lowest BCUT2D eigenvalue weighted by Crippen LogP contribution is -2.39. The summed E-state index contributed by atoms with van der Waals surface area (Å²) >= 11 is 0. The molecule has 0 saturated carbocycles. The van der Waals surface area contributed by atoms with Crippen LogP contribution in [0.25, 0.3) is 0 Å². The number of carboxylic acids is 1. The van der Waals surface area contributed by atoms with Gasteiger partial charge in [0.05, 0.1) is 6.42 Å². The van der Waals surface area contributed by atoms with E-state index in [0.29, 0.717) is 6.04 Å². The maximum absolute atomic E-state index is 11.0. The number of aliphatic carboxylic acids is 1. The lowest BCUT2D eigenvalue weighted by atomic mass is 9.84. The molecule has 17 heavy (non-hydrogen) atoms. The smallest absolute Gasteiger partial charge is 0.304 e. The fourth-order valence-electron chi connectivity index (χ4n) is 2.60. The molecule has 1 aromatic rings. The normalized spacial score (nSPS) is 22.0. The van der Waals surface area contributed by atoms with Crippen LogP contribution >= 0.6 is 0 Å². The van der Waals surface area contributed by atoms with Gasteiger partial charge >= 0.3 is 5.97 Å². The lowest BCUT2D eigenvalue weighted by molar-refractivity contribution is -0.137. The van der Waals surface area contributed by atoms with Gasteiger partial charge in [-0.2, -0.15) is 0 Å². The number of hydrogen-bond donors (Lipinski definition) is 2. The highest BCUT2D eigenvalue weighted by Gasteiger charge is 2.26. The molecule has 3 nitrogen and oxygen atoms in total. The molecule has 1 aromatic carbocycles. The third kappa shape index (κ3) is 3.30. The molecule has 0 aromatic heterocycles. The van der Waals surface area contributed by atoms with Crippen LogP contribution in [0, 0.1) is 0 Å². The molecule has 0 spiro atoms.